The van der Waals surface area contributed by atoms with Crippen molar-refractivity contribution in [3.63, 3.8) is 0 Å². The predicted molar refractivity (Wildman–Crippen MR) is 121 cm³/mol. The number of hydrogen-bond donors (Lipinski definition) is 1. The largest absolute Gasteiger partial charge is 0.569 e. The molecule has 1 aliphatic rings. The molecule has 2 aromatic carbocycles. The van der Waals surface area contributed by atoms with Gasteiger partial charge in [-0.1, -0.05) is 11.6 Å². The fourth-order valence-electron chi connectivity index (χ4n) is 3.38. The Bertz CT molecular complexity index is 1030. The predicted octanol–water partition coefficient (Wildman–Crippen LogP) is 3.49. The summed E-state index contributed by atoms with van der Waals surface area (Å²) in [6.45, 7) is 2.72. The van der Waals surface area contributed by atoms with Crippen LogP contribution in [0.2, 0.25) is 5.02 Å². The van der Waals surface area contributed by atoms with Gasteiger partial charge in [-0.25, -0.2) is 4.79 Å². The molecule has 1 aliphatic heterocycles. The van der Waals surface area contributed by atoms with Crippen LogP contribution in [0, 0.1) is 5.21 Å². The summed E-state index contributed by atoms with van der Waals surface area (Å²) in [6.07, 6.45) is 1.44. The lowest BCUT2D eigenvalue weighted by Crippen LogP contribution is -2.40. The molecule has 11 heteroatoms. The zero-order chi connectivity index (χ0) is 24.7. The van der Waals surface area contributed by atoms with Gasteiger partial charge in [0.05, 0.1) is 18.1 Å². The van der Waals surface area contributed by atoms with Gasteiger partial charge in [-0.05, 0) is 75.2 Å². The smallest absolute Gasteiger partial charge is 0.352 e. The van der Waals surface area contributed by atoms with Crippen LogP contribution in [0.15, 0.2) is 53.8 Å². The number of nitrogens with zero attached hydrogens (tertiary/aromatic N) is 3. The Hall–Kier alpha value is -3.37. The maximum atomic E-state index is 12.6. The third-order valence-electron chi connectivity index (χ3n) is 5.23. The maximum Gasteiger partial charge on any atom is 0.352 e. The lowest BCUT2D eigenvalue weighted by molar-refractivity contribution is -0.715. The summed E-state index contributed by atoms with van der Waals surface area (Å²) in [5, 5.41) is 26.4. The van der Waals surface area contributed by atoms with E-state index in [2.05, 4.69) is 5.28 Å². The van der Waals surface area contributed by atoms with Crippen molar-refractivity contribution in [2.45, 2.75) is 38.3 Å². The van der Waals surface area contributed by atoms with Crippen LogP contribution in [-0.4, -0.2) is 58.4 Å². The molecule has 0 unspecified atom stereocenters. The minimum atomic E-state index is -1.38. The number of aliphatic hydroxyl groups is 1. The van der Waals surface area contributed by atoms with Gasteiger partial charge in [-0.3, -0.25) is 4.79 Å². The van der Waals surface area contributed by atoms with Gasteiger partial charge in [0.15, 0.2) is 11.4 Å². The summed E-state index contributed by atoms with van der Waals surface area (Å²) >= 11 is 5.86. The summed E-state index contributed by atoms with van der Waals surface area (Å²) in [5.74, 6) is -0.555. The van der Waals surface area contributed by atoms with Gasteiger partial charge in [0.1, 0.15) is 11.8 Å². The van der Waals surface area contributed by atoms with E-state index in [0.29, 0.717) is 34.9 Å². The minimum absolute atomic E-state index is 0.162. The molecule has 1 saturated heterocycles. The average Bonchev–Trinajstić information content (AvgIpc) is 3.31. The Morgan fingerprint density at radius 1 is 1.18 bits per heavy atom. The van der Waals surface area contributed by atoms with E-state index in [9.17, 15) is 19.9 Å². The molecule has 0 amide bonds. The van der Waals surface area contributed by atoms with Gasteiger partial charge in [0, 0.05) is 16.1 Å². The molecule has 1 N–H and O–H groups in total. The van der Waals surface area contributed by atoms with Crippen molar-refractivity contribution >= 4 is 23.4 Å². The fourth-order valence-corrected chi connectivity index (χ4v) is 3.51. The zero-order valence-electron chi connectivity index (χ0n) is 18.8. The first-order chi connectivity index (χ1) is 16.2. The van der Waals surface area contributed by atoms with E-state index >= 15 is 0 Å². The van der Waals surface area contributed by atoms with Gasteiger partial charge in [0.2, 0.25) is 5.28 Å². The molecule has 1 atom stereocenters. The number of benzene rings is 2. The zero-order valence-corrected chi connectivity index (χ0v) is 19.6. The molecule has 2 aromatic rings. The number of hydrogen-bond acceptors (Lipinski definition) is 8. The number of esters is 1. The molecule has 0 aliphatic carbocycles. The highest BCUT2D eigenvalue weighted by Gasteiger charge is 2.33. The lowest BCUT2D eigenvalue weighted by atomic mass is 10.0. The molecular weight excluding hydrogens is 466 g/mol. The summed E-state index contributed by atoms with van der Waals surface area (Å²) in [7, 11) is 0. The van der Waals surface area contributed by atoms with Crippen molar-refractivity contribution in [1.82, 2.24) is 5.01 Å². The number of aliphatic hydroxyl groups excluding tert-OH is 1. The Labute approximate surface area is 201 Å². The van der Waals surface area contributed by atoms with Gasteiger partial charge in [-0.2, -0.15) is 0 Å². The van der Waals surface area contributed by atoms with Crippen LogP contribution >= 0.6 is 11.6 Å². The summed E-state index contributed by atoms with van der Waals surface area (Å²) in [5.41, 5.74) is -0.423. The van der Waals surface area contributed by atoms with E-state index in [1.54, 1.807) is 48.5 Å². The highest BCUT2D eigenvalue weighted by atomic mass is 35.5. The first-order valence-corrected chi connectivity index (χ1v) is 11.0. The Kier molecular flexibility index (Phi) is 8.30. The van der Waals surface area contributed by atoms with Crippen molar-refractivity contribution in [2.75, 3.05) is 19.9 Å². The van der Waals surface area contributed by atoms with Crippen LogP contribution in [-0.2, 0) is 14.4 Å². The van der Waals surface area contributed by atoms with E-state index < -0.39 is 18.4 Å². The molecule has 3 rings (SSSR count). The first kappa shape index (κ1) is 25.3. The van der Waals surface area contributed by atoms with Gasteiger partial charge in [-0.15, -0.1) is 5.01 Å². The van der Waals surface area contributed by atoms with E-state index in [4.69, 9.17) is 25.9 Å². The molecule has 1 fully saturated rings. The fraction of sp³-hybridized carbons (Fsp3) is 0.391. The summed E-state index contributed by atoms with van der Waals surface area (Å²) in [6, 6.07) is 12.6. The SMILES string of the molecule is CC(C)(Oc1ccc(C(=O)c2ccc(Cl)cc2)cc1)C(=O)OCON=[N+]([O-])N1CCC[C@H]1CO. The summed E-state index contributed by atoms with van der Waals surface area (Å²) < 4.78 is 10.7. The van der Waals surface area contributed by atoms with Crippen molar-refractivity contribution in [3.8, 4) is 5.75 Å². The molecule has 10 nitrogen and oxygen atoms in total. The van der Waals surface area contributed by atoms with Gasteiger partial charge < -0.3 is 24.6 Å². The van der Waals surface area contributed by atoms with Crippen molar-refractivity contribution < 1.29 is 34.0 Å². The minimum Gasteiger partial charge on any atom is -0.569 e. The first-order valence-electron chi connectivity index (χ1n) is 10.7. The number of hydrazine groups is 1. The maximum absolute atomic E-state index is 12.6. The lowest BCUT2D eigenvalue weighted by Gasteiger charge is -2.24. The number of rotatable bonds is 10. The van der Waals surface area contributed by atoms with E-state index in [-0.39, 0.29) is 23.4 Å². The molecule has 0 aromatic heterocycles. The van der Waals surface area contributed by atoms with E-state index in [1.807, 2.05) is 0 Å². The van der Waals surface area contributed by atoms with Crippen LogP contribution in [0.4, 0.5) is 0 Å². The second-order valence-electron chi connectivity index (χ2n) is 8.13. The number of ether oxygens (including phenoxy) is 2. The third kappa shape index (κ3) is 6.36. The van der Waals surface area contributed by atoms with E-state index in [1.165, 1.54) is 18.9 Å². The van der Waals surface area contributed by atoms with Crippen molar-refractivity contribution in [1.29, 1.82) is 0 Å². The number of carbonyl (C=O) groups is 2. The van der Waals surface area contributed by atoms with E-state index in [0.717, 1.165) is 6.42 Å². The molecule has 0 radical (unpaired) electrons. The summed E-state index contributed by atoms with van der Waals surface area (Å²) in [4.78, 5) is 30.0. The second kappa shape index (κ2) is 11.2. The van der Waals surface area contributed by atoms with Crippen LogP contribution in [0.1, 0.15) is 42.6 Å². The third-order valence-corrected chi connectivity index (χ3v) is 5.49. The number of halogens is 1. The Morgan fingerprint density at radius 3 is 2.41 bits per heavy atom. The van der Waals surface area contributed by atoms with Crippen LogP contribution in [0.25, 0.3) is 0 Å². The van der Waals surface area contributed by atoms with Crippen LogP contribution < -0.4 is 4.74 Å². The Morgan fingerprint density at radius 2 is 1.79 bits per heavy atom. The quantitative estimate of drug-likeness (QED) is 0.102. The standard InChI is InChI=1S/C23H26ClN3O7/c1-23(2,22(30)32-15-33-25-27(31)26-13-3-4-19(26)14-28)34-20-11-7-17(8-12-20)21(29)16-5-9-18(24)10-6-16/h5-12,19,28H,3-4,13-15H2,1-2H3/t19-/m0/s1. The molecule has 0 bridgehead atoms. The molecule has 1 heterocycles. The monoisotopic (exact) mass is 491 g/mol. The van der Waals surface area contributed by atoms with Crippen molar-refractivity contribution in [2.24, 2.45) is 5.28 Å². The normalized spacial score (nSPS) is 16.3. The van der Waals surface area contributed by atoms with Crippen LogP contribution in [0.5, 0.6) is 5.75 Å². The Balaban J connectivity index is 1.50. The second-order valence-corrected chi connectivity index (χ2v) is 8.56. The highest BCUT2D eigenvalue weighted by molar-refractivity contribution is 6.30. The topological polar surface area (TPSA) is 124 Å². The number of carbonyl (C=O) groups excluding carboxylic acids is 2. The number of ketones is 1. The molecule has 34 heavy (non-hydrogen) atoms. The van der Waals surface area contributed by atoms with Crippen LogP contribution in [0.3, 0.4) is 0 Å². The molecule has 182 valence electrons. The van der Waals surface area contributed by atoms with Crippen molar-refractivity contribution in [3.05, 3.63) is 69.9 Å². The van der Waals surface area contributed by atoms with Gasteiger partial charge in [0.25, 0.3) is 6.79 Å². The van der Waals surface area contributed by atoms with Gasteiger partial charge >= 0.3 is 5.97 Å². The highest BCUT2D eigenvalue weighted by Crippen LogP contribution is 2.22. The average molecular weight is 492 g/mol. The molecular formula is C23H26ClN3O7. The molecule has 0 saturated carbocycles. The molecule has 0 spiro atoms.